The van der Waals surface area contributed by atoms with E-state index in [-0.39, 0.29) is 5.91 Å². The number of carbonyl (C=O) groups is 3. The summed E-state index contributed by atoms with van der Waals surface area (Å²) in [5, 5.41) is 0. The van der Waals surface area contributed by atoms with Crippen molar-refractivity contribution in [1.82, 2.24) is 4.90 Å². The van der Waals surface area contributed by atoms with Crippen molar-refractivity contribution in [3.63, 3.8) is 0 Å². The minimum atomic E-state index is -0.607. The molecule has 0 bridgehead atoms. The highest BCUT2D eigenvalue weighted by Gasteiger charge is 2.29. The smallest absolute Gasteiger partial charge is 0.318 e. The van der Waals surface area contributed by atoms with Crippen LogP contribution in [0.3, 0.4) is 0 Å². The Balaban J connectivity index is 1.74. The predicted molar refractivity (Wildman–Crippen MR) is 91.6 cm³/mol. The van der Waals surface area contributed by atoms with Gasteiger partial charge in [0.1, 0.15) is 5.92 Å². The fourth-order valence-corrected chi connectivity index (χ4v) is 2.96. The van der Waals surface area contributed by atoms with Gasteiger partial charge in [-0.3, -0.25) is 19.3 Å². The molecule has 1 aliphatic heterocycles. The summed E-state index contributed by atoms with van der Waals surface area (Å²) in [5.74, 6) is -1.78. The van der Waals surface area contributed by atoms with E-state index in [9.17, 15) is 14.4 Å². The van der Waals surface area contributed by atoms with Gasteiger partial charge in [0.25, 0.3) is 5.91 Å². The SMILES string of the molecule is O=C(OCC(=O)N1CCCC1=O)C(c1ccccc1)c1ccccc1. The summed E-state index contributed by atoms with van der Waals surface area (Å²) in [6.07, 6.45) is 1.03. The molecule has 5 nitrogen and oxygen atoms in total. The van der Waals surface area contributed by atoms with Crippen molar-refractivity contribution in [3.05, 3.63) is 71.8 Å². The van der Waals surface area contributed by atoms with Gasteiger partial charge in [-0.15, -0.1) is 0 Å². The summed E-state index contributed by atoms with van der Waals surface area (Å²) >= 11 is 0. The molecule has 1 aliphatic rings. The Morgan fingerprint density at radius 3 is 2.00 bits per heavy atom. The van der Waals surface area contributed by atoms with E-state index in [1.54, 1.807) is 0 Å². The van der Waals surface area contributed by atoms with E-state index < -0.39 is 24.4 Å². The van der Waals surface area contributed by atoms with Gasteiger partial charge in [0.05, 0.1) is 0 Å². The van der Waals surface area contributed by atoms with Gasteiger partial charge in [-0.05, 0) is 17.5 Å². The van der Waals surface area contributed by atoms with Crippen LogP contribution in [-0.4, -0.2) is 35.8 Å². The molecule has 2 aromatic rings. The van der Waals surface area contributed by atoms with Gasteiger partial charge in [-0.1, -0.05) is 60.7 Å². The maximum atomic E-state index is 12.7. The van der Waals surface area contributed by atoms with Gasteiger partial charge >= 0.3 is 5.97 Å². The molecule has 0 N–H and O–H groups in total. The molecule has 0 atom stereocenters. The molecule has 2 amide bonds. The highest BCUT2D eigenvalue weighted by Crippen LogP contribution is 2.26. The van der Waals surface area contributed by atoms with Crippen LogP contribution in [0.4, 0.5) is 0 Å². The van der Waals surface area contributed by atoms with Crippen molar-refractivity contribution >= 4 is 17.8 Å². The molecule has 25 heavy (non-hydrogen) atoms. The monoisotopic (exact) mass is 337 g/mol. The Morgan fingerprint density at radius 1 is 0.960 bits per heavy atom. The number of rotatable bonds is 5. The fraction of sp³-hybridized carbons (Fsp3) is 0.250. The van der Waals surface area contributed by atoms with E-state index in [0.29, 0.717) is 19.4 Å². The lowest BCUT2D eigenvalue weighted by Crippen LogP contribution is -2.36. The quantitative estimate of drug-likeness (QED) is 0.787. The van der Waals surface area contributed by atoms with E-state index in [0.717, 1.165) is 16.0 Å². The fourth-order valence-electron chi connectivity index (χ4n) is 2.96. The highest BCUT2D eigenvalue weighted by molar-refractivity contribution is 5.98. The van der Waals surface area contributed by atoms with Crippen molar-refractivity contribution in [3.8, 4) is 0 Å². The minimum absolute atomic E-state index is 0.205. The number of amides is 2. The molecular weight excluding hydrogens is 318 g/mol. The highest BCUT2D eigenvalue weighted by atomic mass is 16.5. The third kappa shape index (κ3) is 3.94. The number of esters is 1. The second-order valence-corrected chi connectivity index (χ2v) is 5.90. The van der Waals surface area contributed by atoms with Crippen LogP contribution in [0, 0.1) is 0 Å². The number of hydrogen-bond acceptors (Lipinski definition) is 4. The third-order valence-corrected chi connectivity index (χ3v) is 4.21. The van der Waals surface area contributed by atoms with Gasteiger partial charge in [0.15, 0.2) is 6.61 Å². The Bertz CT molecular complexity index is 718. The maximum absolute atomic E-state index is 12.7. The van der Waals surface area contributed by atoms with E-state index in [2.05, 4.69) is 0 Å². The number of hydrogen-bond donors (Lipinski definition) is 0. The summed E-state index contributed by atoms with van der Waals surface area (Å²) < 4.78 is 5.25. The molecule has 0 aromatic heterocycles. The standard InChI is InChI=1S/C20H19NO4/c22-17-12-7-13-21(17)18(23)14-25-20(24)19(15-8-3-1-4-9-15)16-10-5-2-6-11-16/h1-6,8-11,19H,7,12-14H2. The van der Waals surface area contributed by atoms with Crippen LogP contribution in [0.25, 0.3) is 0 Å². The van der Waals surface area contributed by atoms with Crippen molar-refractivity contribution < 1.29 is 19.1 Å². The first kappa shape index (κ1) is 16.9. The summed E-state index contributed by atoms with van der Waals surface area (Å²) in [4.78, 5) is 37.5. The molecule has 0 unspecified atom stereocenters. The lowest BCUT2D eigenvalue weighted by atomic mass is 9.91. The summed E-state index contributed by atoms with van der Waals surface area (Å²) in [5.41, 5.74) is 1.59. The molecule has 3 rings (SSSR count). The molecule has 0 spiro atoms. The molecule has 2 aromatic carbocycles. The molecular formula is C20H19NO4. The third-order valence-electron chi connectivity index (χ3n) is 4.21. The van der Waals surface area contributed by atoms with Crippen molar-refractivity contribution in [2.24, 2.45) is 0 Å². The molecule has 1 fully saturated rings. The number of ether oxygens (including phenoxy) is 1. The molecule has 128 valence electrons. The predicted octanol–water partition coefficient (Wildman–Crippen LogP) is 2.51. The zero-order valence-electron chi connectivity index (χ0n) is 13.8. The van der Waals surface area contributed by atoms with Crippen molar-refractivity contribution in [2.45, 2.75) is 18.8 Å². The van der Waals surface area contributed by atoms with Crippen LogP contribution in [0.2, 0.25) is 0 Å². The second kappa shape index (κ2) is 7.75. The van der Waals surface area contributed by atoms with Crippen LogP contribution in [0.15, 0.2) is 60.7 Å². The summed E-state index contributed by atoms with van der Waals surface area (Å²) in [6, 6.07) is 18.6. The maximum Gasteiger partial charge on any atom is 0.318 e. The molecule has 0 saturated carbocycles. The first-order chi connectivity index (χ1) is 12.2. The summed E-state index contributed by atoms with van der Waals surface area (Å²) in [7, 11) is 0. The normalized spacial score (nSPS) is 14.0. The van der Waals surface area contributed by atoms with Gasteiger partial charge in [-0.2, -0.15) is 0 Å². The Labute approximate surface area is 146 Å². The van der Waals surface area contributed by atoms with Gasteiger partial charge in [0, 0.05) is 13.0 Å². The van der Waals surface area contributed by atoms with Crippen LogP contribution in [-0.2, 0) is 19.1 Å². The number of benzene rings is 2. The molecule has 1 saturated heterocycles. The van der Waals surface area contributed by atoms with E-state index in [1.165, 1.54) is 0 Å². The van der Waals surface area contributed by atoms with E-state index in [4.69, 9.17) is 4.74 Å². The number of imide groups is 1. The number of nitrogens with zero attached hydrogens (tertiary/aromatic N) is 1. The minimum Gasteiger partial charge on any atom is -0.455 e. The van der Waals surface area contributed by atoms with Crippen LogP contribution < -0.4 is 0 Å². The zero-order valence-corrected chi connectivity index (χ0v) is 13.8. The first-order valence-corrected chi connectivity index (χ1v) is 8.26. The molecule has 0 radical (unpaired) electrons. The zero-order chi connectivity index (χ0) is 17.6. The molecule has 1 heterocycles. The Kier molecular flexibility index (Phi) is 5.23. The largest absolute Gasteiger partial charge is 0.455 e. The second-order valence-electron chi connectivity index (χ2n) is 5.90. The average Bonchev–Trinajstić information content (AvgIpc) is 3.08. The first-order valence-electron chi connectivity index (χ1n) is 8.26. The van der Waals surface area contributed by atoms with Gasteiger partial charge in [0.2, 0.25) is 5.91 Å². The Hall–Kier alpha value is -2.95. The van der Waals surface area contributed by atoms with Crippen molar-refractivity contribution in [2.75, 3.05) is 13.2 Å². The van der Waals surface area contributed by atoms with Crippen LogP contribution >= 0.6 is 0 Å². The Morgan fingerprint density at radius 2 is 1.52 bits per heavy atom. The number of carbonyl (C=O) groups excluding carboxylic acids is 3. The molecule has 0 aliphatic carbocycles. The van der Waals surface area contributed by atoms with Gasteiger partial charge in [-0.25, -0.2) is 0 Å². The molecule has 5 heteroatoms. The topological polar surface area (TPSA) is 63.7 Å². The van der Waals surface area contributed by atoms with E-state index in [1.807, 2.05) is 60.7 Å². The van der Waals surface area contributed by atoms with Crippen LogP contribution in [0.5, 0.6) is 0 Å². The van der Waals surface area contributed by atoms with E-state index >= 15 is 0 Å². The lowest BCUT2D eigenvalue weighted by molar-refractivity contribution is -0.155. The van der Waals surface area contributed by atoms with Gasteiger partial charge < -0.3 is 4.74 Å². The van der Waals surface area contributed by atoms with Crippen LogP contribution in [0.1, 0.15) is 29.9 Å². The lowest BCUT2D eigenvalue weighted by Gasteiger charge is -2.18. The number of likely N-dealkylation sites (tertiary alicyclic amines) is 1. The average molecular weight is 337 g/mol. The van der Waals surface area contributed by atoms with Crippen molar-refractivity contribution in [1.29, 1.82) is 0 Å². The summed E-state index contributed by atoms with van der Waals surface area (Å²) in [6.45, 7) is -0.0171.